The topological polar surface area (TPSA) is 109 Å². The number of aliphatic hydroxyl groups is 1. The molecule has 0 aliphatic carbocycles. The molecule has 1 spiro atoms. The highest BCUT2D eigenvalue weighted by Crippen LogP contribution is 2.49. The van der Waals surface area contributed by atoms with Gasteiger partial charge in [-0.05, 0) is 6.07 Å². The Morgan fingerprint density at radius 1 is 1.70 bits per heavy atom. The van der Waals surface area contributed by atoms with Crippen LogP contribution in [0.1, 0.15) is 12.6 Å². The third-order valence-electron chi connectivity index (χ3n) is 3.94. The summed E-state index contributed by atoms with van der Waals surface area (Å²) in [6.45, 7) is 0.353. The molecule has 0 radical (unpaired) electrons. The number of ether oxygens (including phenoxy) is 3. The number of aromatic nitrogens is 2. The fraction of sp³-hybridized carbons (Fsp3) is 0.667. The van der Waals surface area contributed by atoms with Gasteiger partial charge in [0, 0.05) is 19.7 Å². The van der Waals surface area contributed by atoms with Crippen LogP contribution in [0.3, 0.4) is 0 Å². The number of nitrogen functional groups attached to an aromatic ring is 1. The predicted molar refractivity (Wildman–Crippen MR) is 68.0 cm³/mol. The minimum absolute atomic E-state index is 0.148. The largest absolute Gasteiger partial charge is 0.394 e. The van der Waals surface area contributed by atoms with E-state index in [0.717, 1.165) is 0 Å². The molecule has 0 saturated carbocycles. The lowest BCUT2D eigenvalue weighted by molar-refractivity contribution is -0.231. The summed E-state index contributed by atoms with van der Waals surface area (Å²) in [4.78, 5) is 15.7. The normalized spacial score (nSPS) is 36.2. The van der Waals surface area contributed by atoms with Gasteiger partial charge in [-0.3, -0.25) is 4.57 Å². The van der Waals surface area contributed by atoms with E-state index < -0.39 is 29.7 Å². The van der Waals surface area contributed by atoms with Gasteiger partial charge in [-0.25, -0.2) is 4.79 Å². The molecule has 2 fully saturated rings. The smallest absolute Gasteiger partial charge is 0.351 e. The Labute approximate surface area is 115 Å². The number of hydrogen-bond donors (Lipinski definition) is 2. The first-order chi connectivity index (χ1) is 9.62. The first-order valence-electron chi connectivity index (χ1n) is 6.40. The van der Waals surface area contributed by atoms with Crippen molar-refractivity contribution in [2.24, 2.45) is 0 Å². The lowest BCUT2D eigenvalue weighted by atomic mass is 9.86. The molecule has 2 aliphatic heterocycles. The van der Waals surface area contributed by atoms with E-state index in [1.807, 2.05) is 0 Å². The summed E-state index contributed by atoms with van der Waals surface area (Å²) < 4.78 is 18.2. The molecule has 2 aliphatic rings. The standard InChI is InChI=1S/C12H17N3O5/c1-18-9-7(6-16)20-10(12(9)3-5-19-12)15-4-2-8(13)14-11(15)17/h2,4,7,9-10,16H,3,5-6H2,1H3,(H2,13,14,17)/t7?,9-,10?,12+/m1/s1. The van der Waals surface area contributed by atoms with Crippen LogP contribution in [0, 0.1) is 0 Å². The van der Waals surface area contributed by atoms with Crippen molar-refractivity contribution in [1.82, 2.24) is 9.55 Å². The molecule has 20 heavy (non-hydrogen) atoms. The van der Waals surface area contributed by atoms with Crippen molar-refractivity contribution in [2.45, 2.75) is 30.5 Å². The molecule has 4 atom stereocenters. The van der Waals surface area contributed by atoms with E-state index in [1.54, 1.807) is 0 Å². The number of hydrogen-bond acceptors (Lipinski definition) is 7. The van der Waals surface area contributed by atoms with Gasteiger partial charge in [0.1, 0.15) is 23.6 Å². The Balaban J connectivity index is 2.02. The SMILES string of the molecule is CO[C@@H]1C(CO)OC(n2ccc(N)nc2=O)[C@]12CCO2. The number of rotatable bonds is 3. The van der Waals surface area contributed by atoms with E-state index in [1.165, 1.54) is 23.9 Å². The van der Waals surface area contributed by atoms with Crippen molar-refractivity contribution in [3.05, 3.63) is 22.7 Å². The van der Waals surface area contributed by atoms with E-state index in [-0.39, 0.29) is 12.4 Å². The van der Waals surface area contributed by atoms with Crippen LogP contribution in [-0.4, -0.2) is 52.8 Å². The summed E-state index contributed by atoms with van der Waals surface area (Å²) in [5.74, 6) is 0.148. The highest BCUT2D eigenvalue weighted by molar-refractivity contribution is 5.24. The van der Waals surface area contributed by atoms with Crippen LogP contribution in [0.4, 0.5) is 5.82 Å². The fourth-order valence-electron chi connectivity index (χ4n) is 2.96. The van der Waals surface area contributed by atoms with Crippen molar-refractivity contribution in [1.29, 1.82) is 0 Å². The van der Waals surface area contributed by atoms with E-state index in [9.17, 15) is 9.90 Å². The fourth-order valence-corrected chi connectivity index (χ4v) is 2.96. The monoisotopic (exact) mass is 283 g/mol. The third-order valence-corrected chi connectivity index (χ3v) is 3.94. The average molecular weight is 283 g/mol. The molecular weight excluding hydrogens is 266 g/mol. The van der Waals surface area contributed by atoms with Gasteiger partial charge in [-0.1, -0.05) is 0 Å². The van der Waals surface area contributed by atoms with Gasteiger partial charge < -0.3 is 25.1 Å². The van der Waals surface area contributed by atoms with E-state index in [0.29, 0.717) is 13.0 Å². The van der Waals surface area contributed by atoms with Crippen LogP contribution >= 0.6 is 0 Å². The van der Waals surface area contributed by atoms with Crippen LogP contribution in [-0.2, 0) is 14.2 Å². The molecule has 110 valence electrons. The third kappa shape index (κ3) is 1.76. The van der Waals surface area contributed by atoms with Gasteiger partial charge in [-0.2, -0.15) is 4.98 Å². The number of aliphatic hydroxyl groups excluding tert-OH is 1. The molecule has 0 bridgehead atoms. The molecule has 8 heteroatoms. The van der Waals surface area contributed by atoms with Crippen molar-refractivity contribution in [3.8, 4) is 0 Å². The van der Waals surface area contributed by atoms with Gasteiger partial charge in [0.15, 0.2) is 6.23 Å². The molecule has 0 amide bonds. The zero-order valence-electron chi connectivity index (χ0n) is 11.1. The molecular formula is C12H17N3O5. The maximum atomic E-state index is 12.0. The highest BCUT2D eigenvalue weighted by Gasteiger charge is 2.62. The molecule has 3 heterocycles. The van der Waals surface area contributed by atoms with Crippen LogP contribution < -0.4 is 11.4 Å². The second-order valence-electron chi connectivity index (χ2n) is 4.96. The van der Waals surface area contributed by atoms with Crippen molar-refractivity contribution < 1.29 is 19.3 Å². The summed E-state index contributed by atoms with van der Waals surface area (Å²) in [7, 11) is 1.53. The maximum absolute atomic E-state index is 12.0. The predicted octanol–water partition coefficient (Wildman–Crippen LogP) is -1.11. The van der Waals surface area contributed by atoms with Gasteiger partial charge >= 0.3 is 5.69 Å². The number of methoxy groups -OCH3 is 1. The lowest BCUT2D eigenvalue weighted by Gasteiger charge is -2.45. The molecule has 3 rings (SSSR count). The Bertz CT molecular complexity index is 556. The molecule has 2 saturated heterocycles. The zero-order valence-corrected chi connectivity index (χ0v) is 11.1. The number of nitrogens with zero attached hydrogens (tertiary/aromatic N) is 2. The summed E-state index contributed by atoms with van der Waals surface area (Å²) in [6, 6.07) is 1.52. The van der Waals surface area contributed by atoms with E-state index in [2.05, 4.69) is 4.98 Å². The minimum Gasteiger partial charge on any atom is -0.394 e. The van der Waals surface area contributed by atoms with Crippen molar-refractivity contribution in [3.63, 3.8) is 0 Å². The lowest BCUT2D eigenvalue weighted by Crippen LogP contribution is -2.58. The Hall–Kier alpha value is -1.48. The molecule has 3 N–H and O–H groups in total. The van der Waals surface area contributed by atoms with Gasteiger partial charge in [0.2, 0.25) is 0 Å². The summed E-state index contributed by atoms with van der Waals surface area (Å²) >= 11 is 0. The second kappa shape index (κ2) is 4.81. The summed E-state index contributed by atoms with van der Waals surface area (Å²) in [5, 5.41) is 9.41. The van der Waals surface area contributed by atoms with Gasteiger partial charge in [0.25, 0.3) is 0 Å². The first kappa shape index (κ1) is 13.5. The van der Waals surface area contributed by atoms with Gasteiger partial charge in [-0.15, -0.1) is 0 Å². The second-order valence-corrected chi connectivity index (χ2v) is 4.96. The quantitative estimate of drug-likeness (QED) is 0.724. The van der Waals surface area contributed by atoms with Crippen LogP contribution in [0.25, 0.3) is 0 Å². The molecule has 1 aromatic rings. The Morgan fingerprint density at radius 3 is 2.95 bits per heavy atom. The summed E-state index contributed by atoms with van der Waals surface area (Å²) in [6.07, 6.45) is 0.541. The van der Waals surface area contributed by atoms with Crippen LogP contribution in [0.2, 0.25) is 0 Å². The molecule has 2 unspecified atom stereocenters. The van der Waals surface area contributed by atoms with Gasteiger partial charge in [0.05, 0.1) is 13.2 Å². The highest BCUT2D eigenvalue weighted by atomic mass is 16.6. The number of anilines is 1. The molecule has 8 nitrogen and oxygen atoms in total. The van der Waals surface area contributed by atoms with Crippen molar-refractivity contribution in [2.75, 3.05) is 26.1 Å². The van der Waals surface area contributed by atoms with Crippen LogP contribution in [0.5, 0.6) is 0 Å². The number of nitrogens with two attached hydrogens (primary N) is 1. The Kier molecular flexibility index (Phi) is 3.25. The Morgan fingerprint density at radius 2 is 2.45 bits per heavy atom. The van der Waals surface area contributed by atoms with E-state index in [4.69, 9.17) is 19.9 Å². The van der Waals surface area contributed by atoms with Crippen LogP contribution in [0.15, 0.2) is 17.1 Å². The molecule has 1 aromatic heterocycles. The minimum atomic E-state index is -0.760. The van der Waals surface area contributed by atoms with Crippen molar-refractivity contribution >= 4 is 5.82 Å². The zero-order chi connectivity index (χ0) is 14.3. The summed E-state index contributed by atoms with van der Waals surface area (Å²) in [5.41, 5.74) is 4.21. The van der Waals surface area contributed by atoms with E-state index >= 15 is 0 Å². The molecule has 0 aromatic carbocycles. The maximum Gasteiger partial charge on any atom is 0.351 e. The first-order valence-corrected chi connectivity index (χ1v) is 6.40. The average Bonchev–Trinajstić information content (AvgIpc) is 2.72.